The Morgan fingerprint density at radius 3 is 2.80 bits per heavy atom. The minimum absolute atomic E-state index is 0.136. The molecule has 0 spiro atoms. The number of aromatic nitrogens is 1. The van der Waals surface area contributed by atoms with Crippen molar-refractivity contribution in [1.29, 1.82) is 0 Å². The summed E-state index contributed by atoms with van der Waals surface area (Å²) in [5, 5.41) is 0. The third kappa shape index (κ3) is 3.04. The fraction of sp³-hybridized carbons (Fsp3) is 0.600. The molecule has 0 aliphatic carbocycles. The van der Waals surface area contributed by atoms with Crippen molar-refractivity contribution in [2.45, 2.75) is 31.7 Å². The lowest BCUT2D eigenvalue weighted by Gasteiger charge is -2.37. The van der Waals surface area contributed by atoms with Gasteiger partial charge in [0, 0.05) is 30.9 Å². The minimum Gasteiger partial charge on any atom is -0.337 e. The number of carbonyl (C=O) groups is 1. The average molecular weight is 338 g/mol. The van der Waals surface area contributed by atoms with Crippen LogP contribution in [0, 0.1) is 0 Å². The molecule has 1 unspecified atom stereocenters. The number of piperidine rings is 1. The van der Waals surface area contributed by atoms with Gasteiger partial charge < -0.3 is 4.90 Å². The highest BCUT2D eigenvalue weighted by molar-refractivity contribution is 9.10. The van der Waals surface area contributed by atoms with Crippen LogP contribution >= 0.6 is 15.9 Å². The highest BCUT2D eigenvalue weighted by Gasteiger charge is 2.29. The van der Waals surface area contributed by atoms with Crippen LogP contribution in [0.4, 0.5) is 0 Å². The molecule has 0 saturated carbocycles. The molecule has 2 aliphatic heterocycles. The standard InChI is InChI=1S/C15H20BrN3O/c16-14-10-12(5-6-17-14)15(20)19-9-3-4-13(11-19)18-7-1-2-8-18/h5-6,10,13H,1-4,7-9,11H2. The van der Waals surface area contributed by atoms with Crippen molar-refractivity contribution in [3.05, 3.63) is 28.5 Å². The molecule has 1 amide bonds. The zero-order valence-corrected chi connectivity index (χ0v) is 13.2. The van der Waals surface area contributed by atoms with Gasteiger partial charge >= 0.3 is 0 Å². The van der Waals surface area contributed by atoms with E-state index in [2.05, 4.69) is 25.8 Å². The maximum atomic E-state index is 12.6. The minimum atomic E-state index is 0.136. The number of carbonyl (C=O) groups excluding carboxylic acids is 1. The van der Waals surface area contributed by atoms with Gasteiger partial charge in [-0.25, -0.2) is 4.98 Å². The maximum absolute atomic E-state index is 12.6. The van der Waals surface area contributed by atoms with Gasteiger partial charge in [0.25, 0.3) is 5.91 Å². The van der Waals surface area contributed by atoms with E-state index < -0.39 is 0 Å². The molecule has 1 aromatic rings. The molecule has 3 rings (SSSR count). The predicted octanol–water partition coefficient (Wildman–Crippen LogP) is 2.54. The second-order valence-electron chi connectivity index (χ2n) is 5.66. The van der Waals surface area contributed by atoms with Gasteiger partial charge in [-0.05, 0) is 66.8 Å². The Morgan fingerprint density at radius 1 is 1.25 bits per heavy atom. The molecule has 108 valence electrons. The summed E-state index contributed by atoms with van der Waals surface area (Å²) in [4.78, 5) is 21.2. The molecule has 0 N–H and O–H groups in total. The Morgan fingerprint density at radius 2 is 2.05 bits per heavy atom. The summed E-state index contributed by atoms with van der Waals surface area (Å²) in [7, 11) is 0. The van der Waals surface area contributed by atoms with Crippen LogP contribution in [0.2, 0.25) is 0 Å². The molecule has 1 aromatic heterocycles. The quantitative estimate of drug-likeness (QED) is 0.778. The first-order chi connectivity index (χ1) is 9.74. The molecule has 20 heavy (non-hydrogen) atoms. The molecule has 5 heteroatoms. The number of likely N-dealkylation sites (tertiary alicyclic amines) is 2. The van der Waals surface area contributed by atoms with Crippen molar-refractivity contribution in [2.24, 2.45) is 0 Å². The van der Waals surface area contributed by atoms with Crippen LogP contribution in [0.3, 0.4) is 0 Å². The highest BCUT2D eigenvalue weighted by Crippen LogP contribution is 2.22. The lowest BCUT2D eigenvalue weighted by Crippen LogP contribution is -2.49. The largest absolute Gasteiger partial charge is 0.337 e. The first-order valence-electron chi connectivity index (χ1n) is 7.39. The molecular weight excluding hydrogens is 318 g/mol. The summed E-state index contributed by atoms with van der Waals surface area (Å²) in [6.07, 6.45) is 6.63. The fourth-order valence-electron chi connectivity index (χ4n) is 3.26. The summed E-state index contributed by atoms with van der Waals surface area (Å²) < 4.78 is 0.719. The number of nitrogens with zero attached hydrogens (tertiary/aromatic N) is 3. The van der Waals surface area contributed by atoms with E-state index in [1.54, 1.807) is 12.3 Å². The topological polar surface area (TPSA) is 36.4 Å². The number of hydrogen-bond acceptors (Lipinski definition) is 3. The zero-order valence-electron chi connectivity index (χ0n) is 11.6. The molecule has 0 aromatic carbocycles. The van der Waals surface area contributed by atoms with Gasteiger partial charge in [0.2, 0.25) is 0 Å². The van der Waals surface area contributed by atoms with E-state index in [0.29, 0.717) is 6.04 Å². The summed E-state index contributed by atoms with van der Waals surface area (Å²) in [6, 6.07) is 4.16. The predicted molar refractivity (Wildman–Crippen MR) is 81.7 cm³/mol. The van der Waals surface area contributed by atoms with Gasteiger partial charge in [-0.2, -0.15) is 0 Å². The van der Waals surface area contributed by atoms with Crippen LogP contribution in [-0.4, -0.2) is 52.9 Å². The van der Waals surface area contributed by atoms with Crippen LogP contribution in [0.1, 0.15) is 36.0 Å². The molecule has 2 fully saturated rings. The lowest BCUT2D eigenvalue weighted by molar-refractivity contribution is 0.0607. The van der Waals surface area contributed by atoms with E-state index in [0.717, 1.165) is 29.7 Å². The van der Waals surface area contributed by atoms with Gasteiger partial charge in [-0.15, -0.1) is 0 Å². The van der Waals surface area contributed by atoms with Gasteiger partial charge in [-0.3, -0.25) is 9.69 Å². The van der Waals surface area contributed by atoms with E-state index in [4.69, 9.17) is 0 Å². The normalized spacial score (nSPS) is 24.1. The van der Waals surface area contributed by atoms with Crippen LogP contribution in [-0.2, 0) is 0 Å². The highest BCUT2D eigenvalue weighted by atomic mass is 79.9. The van der Waals surface area contributed by atoms with Gasteiger partial charge in [0.1, 0.15) is 4.60 Å². The third-order valence-electron chi connectivity index (χ3n) is 4.31. The second kappa shape index (κ2) is 6.22. The van der Waals surface area contributed by atoms with Gasteiger partial charge in [0.15, 0.2) is 0 Å². The maximum Gasteiger partial charge on any atom is 0.254 e. The van der Waals surface area contributed by atoms with Crippen molar-refractivity contribution >= 4 is 21.8 Å². The van der Waals surface area contributed by atoms with Crippen molar-refractivity contribution in [3.63, 3.8) is 0 Å². The smallest absolute Gasteiger partial charge is 0.254 e. The van der Waals surface area contributed by atoms with Gasteiger partial charge in [0.05, 0.1) is 0 Å². The average Bonchev–Trinajstić information content (AvgIpc) is 3.01. The number of hydrogen-bond donors (Lipinski definition) is 0. The van der Waals surface area contributed by atoms with Gasteiger partial charge in [-0.1, -0.05) is 0 Å². The fourth-order valence-corrected chi connectivity index (χ4v) is 3.63. The van der Waals surface area contributed by atoms with E-state index >= 15 is 0 Å². The molecule has 4 nitrogen and oxygen atoms in total. The molecule has 1 atom stereocenters. The molecule has 2 aliphatic rings. The van der Waals surface area contributed by atoms with Crippen molar-refractivity contribution in [2.75, 3.05) is 26.2 Å². The van der Waals surface area contributed by atoms with E-state index in [1.807, 2.05) is 11.0 Å². The lowest BCUT2D eigenvalue weighted by atomic mass is 10.0. The Hall–Kier alpha value is -0.940. The number of amides is 1. The molecule has 3 heterocycles. The zero-order chi connectivity index (χ0) is 13.9. The summed E-state index contributed by atoms with van der Waals surface area (Å²) in [6.45, 7) is 4.16. The van der Waals surface area contributed by atoms with Crippen molar-refractivity contribution < 1.29 is 4.79 Å². The van der Waals surface area contributed by atoms with E-state index in [1.165, 1.54) is 32.4 Å². The molecule has 0 bridgehead atoms. The third-order valence-corrected chi connectivity index (χ3v) is 4.75. The molecular formula is C15H20BrN3O. The summed E-state index contributed by atoms with van der Waals surface area (Å²) in [5.41, 5.74) is 0.731. The van der Waals surface area contributed by atoms with E-state index in [-0.39, 0.29) is 5.91 Å². The summed E-state index contributed by atoms with van der Waals surface area (Å²) in [5.74, 6) is 0.136. The number of halogens is 1. The van der Waals surface area contributed by atoms with Crippen LogP contribution in [0.15, 0.2) is 22.9 Å². The van der Waals surface area contributed by atoms with Crippen molar-refractivity contribution in [1.82, 2.24) is 14.8 Å². The first-order valence-corrected chi connectivity index (χ1v) is 8.18. The second-order valence-corrected chi connectivity index (χ2v) is 6.47. The Kier molecular flexibility index (Phi) is 4.36. The van der Waals surface area contributed by atoms with Crippen LogP contribution < -0.4 is 0 Å². The van der Waals surface area contributed by atoms with Crippen LogP contribution in [0.25, 0.3) is 0 Å². The molecule has 2 saturated heterocycles. The first kappa shape index (κ1) is 14.0. The van der Waals surface area contributed by atoms with Crippen molar-refractivity contribution in [3.8, 4) is 0 Å². The van der Waals surface area contributed by atoms with Crippen LogP contribution in [0.5, 0.6) is 0 Å². The number of pyridine rings is 1. The Balaban J connectivity index is 1.68. The number of rotatable bonds is 2. The Labute approximate surface area is 128 Å². The molecule has 0 radical (unpaired) electrons. The van der Waals surface area contributed by atoms with E-state index in [9.17, 15) is 4.79 Å². The summed E-state index contributed by atoms with van der Waals surface area (Å²) >= 11 is 3.33. The SMILES string of the molecule is O=C(c1ccnc(Br)c1)N1CCCC(N2CCCC2)C1. The Bertz CT molecular complexity index is 488. The monoisotopic (exact) mass is 337 g/mol.